The molecule has 0 saturated carbocycles. The molecule has 0 unspecified atom stereocenters. The third-order valence-corrected chi connectivity index (χ3v) is 0. The van der Waals surface area contributed by atoms with Crippen molar-refractivity contribution >= 4 is 0 Å². The van der Waals surface area contributed by atoms with Crippen molar-refractivity contribution < 1.29 is 200 Å². The zero-order valence-electron chi connectivity index (χ0n) is 14.2. The van der Waals surface area contributed by atoms with Crippen molar-refractivity contribution in [3.63, 3.8) is 0 Å². The summed E-state index contributed by atoms with van der Waals surface area (Å²) in [6.45, 7) is 8.75. The van der Waals surface area contributed by atoms with Gasteiger partial charge in [0.05, 0.1) is 0 Å². The SMILES string of the molecule is [3H][CH-]C.[3H][CH-]C.[3H][CH-]C.[CH3-].[CH3-].[CH3-].[Y].[Y].[Y].[Y].[Y].[Y]. The Hall–Kier alpha value is 6.62. The Bertz CT molecular complexity index is 31.0. The van der Waals surface area contributed by atoms with Crippen LogP contribution >= 0.6 is 0 Å². The second kappa shape index (κ2) is 181. The standard InChI is InChI=1S/3C2H5.3CH3.6Y/c3*1-2;;;;;;;;;/h3*1H2,2H3;3*1H3;;;;;;/q6*-1;;;;;;/i3*1T;;;;;;;;;. The molecule has 0 aromatic carbocycles. The van der Waals surface area contributed by atoms with Gasteiger partial charge in [-0.15, -0.1) is 0 Å². The zero-order chi connectivity index (χ0) is 8.12. The van der Waals surface area contributed by atoms with Gasteiger partial charge < -0.3 is 43.0 Å². The predicted molar refractivity (Wildman–Crippen MR) is 52.3 cm³/mol. The molecule has 15 heavy (non-hydrogen) atoms. The van der Waals surface area contributed by atoms with Gasteiger partial charge >= 0.3 is 0 Å². The molecule has 0 aromatic heterocycles. The molecule has 0 amide bonds. The van der Waals surface area contributed by atoms with Crippen molar-refractivity contribution in [3.05, 3.63) is 43.0 Å². The summed E-state index contributed by atoms with van der Waals surface area (Å²) < 4.78 is 18.2. The molecule has 0 spiro atoms. The number of hydrogen-bond donors (Lipinski definition) is 0. The van der Waals surface area contributed by atoms with Gasteiger partial charge in [-0.05, 0) is 0 Å². The minimum atomic E-state index is 0. The van der Waals surface area contributed by atoms with Crippen LogP contribution < -0.4 is 0 Å². The zero-order valence-corrected chi connectivity index (χ0v) is 28.2. The molecule has 0 heterocycles. The summed E-state index contributed by atoms with van der Waals surface area (Å²) in [5.74, 6) is 0. The van der Waals surface area contributed by atoms with Gasteiger partial charge in [0.2, 0.25) is 0 Å². The van der Waals surface area contributed by atoms with Crippen molar-refractivity contribution in [1.29, 1.82) is 0 Å². The third-order valence-electron chi connectivity index (χ3n) is 0. The van der Waals surface area contributed by atoms with Gasteiger partial charge in [0.25, 0.3) is 0 Å². The molecule has 0 nitrogen and oxygen atoms in total. The Kier molecular flexibility index (Phi) is 697. The smallest absolute Gasteiger partial charge is 0 e. The Labute approximate surface area is 257 Å². The average Bonchev–Trinajstić information content (AvgIpc) is 1.70. The van der Waals surface area contributed by atoms with Crippen LogP contribution in [0.25, 0.3) is 0 Å². The Morgan fingerprint density at radius 3 is 0.533 bits per heavy atom. The molecule has 6 heteroatoms. The van der Waals surface area contributed by atoms with Crippen LogP contribution in [0.1, 0.15) is 24.9 Å². The second-order valence-corrected chi connectivity index (χ2v) is 0. The molecule has 0 aromatic rings. The Balaban J connectivity index is -0.00000000240. The van der Waals surface area contributed by atoms with Gasteiger partial charge in [-0.3, -0.25) is 0 Å². The summed E-state index contributed by atoms with van der Waals surface area (Å²) in [7, 11) is 0. The molecular formula is C9H24Y6-6. The van der Waals surface area contributed by atoms with E-state index in [4.69, 9.17) is 4.11 Å². The maximum atomic E-state index is 6.08. The largest absolute Gasteiger partial charge is 0.358 e. The van der Waals surface area contributed by atoms with Gasteiger partial charge in [-0.2, -0.15) is 20.8 Å². The first kappa shape index (κ1) is 57.7. The molecule has 0 aliphatic rings. The van der Waals surface area contributed by atoms with Crippen molar-refractivity contribution in [1.82, 2.24) is 0 Å². The van der Waals surface area contributed by atoms with Crippen LogP contribution in [-0.2, 0) is 196 Å². The van der Waals surface area contributed by atoms with Crippen LogP contribution in [0.4, 0.5) is 0 Å². The van der Waals surface area contributed by atoms with E-state index < -0.39 is 0 Å². The molecule has 0 atom stereocenters. The maximum Gasteiger partial charge on any atom is 0 e. The average molecular weight is 672 g/mol. The van der Waals surface area contributed by atoms with Crippen molar-refractivity contribution in [2.24, 2.45) is 0 Å². The molecule has 0 saturated heterocycles. The van der Waals surface area contributed by atoms with Crippen molar-refractivity contribution in [2.75, 3.05) is 0 Å². The van der Waals surface area contributed by atoms with E-state index in [9.17, 15) is 0 Å². The molecule has 0 fully saturated rings. The van der Waals surface area contributed by atoms with Crippen LogP contribution in [0.5, 0.6) is 0 Å². The maximum absolute atomic E-state index is 6.08. The summed E-state index contributed by atoms with van der Waals surface area (Å²) in [4.78, 5) is 0. The van der Waals surface area contributed by atoms with Crippen LogP contribution in [-0.4, -0.2) is 0 Å². The van der Waals surface area contributed by atoms with E-state index in [0.29, 0.717) is 0 Å². The molecular weight excluding hydrogens is 642 g/mol. The van der Waals surface area contributed by atoms with Crippen LogP contribution in [0.3, 0.4) is 0 Å². The summed E-state index contributed by atoms with van der Waals surface area (Å²) in [5.41, 5.74) is 0. The third kappa shape index (κ3) is 163. The molecule has 0 aliphatic carbocycles. The first-order chi connectivity index (χ1) is 4.24. The van der Waals surface area contributed by atoms with Gasteiger partial charge in [-0.1, -0.05) is 0 Å². The summed E-state index contributed by atoms with van der Waals surface area (Å²) in [6, 6.07) is 0. The summed E-state index contributed by atoms with van der Waals surface area (Å²) >= 11 is 0. The van der Waals surface area contributed by atoms with Gasteiger partial charge in [-0.25, -0.2) is 4.11 Å². The molecule has 6 radical (unpaired) electrons. The molecule has 0 N–H and O–H groups in total. The minimum absolute atomic E-state index is 0. The van der Waals surface area contributed by atoms with E-state index in [1.807, 2.05) is 0 Å². The van der Waals surface area contributed by atoms with Gasteiger partial charge in [0, 0.05) is 196 Å². The molecule has 0 bridgehead atoms. The molecule has 0 aliphatic heterocycles. The summed E-state index contributed by atoms with van der Waals surface area (Å²) in [6.07, 6.45) is 0. The topological polar surface area (TPSA) is 0 Å². The van der Waals surface area contributed by atoms with E-state index in [0.717, 1.165) is 0 Å². The van der Waals surface area contributed by atoms with E-state index in [1.165, 1.54) is 20.7 Å². The van der Waals surface area contributed by atoms with Crippen LogP contribution in [0.2, 0.25) is 0 Å². The first-order valence-electron chi connectivity index (χ1n) is 3.46. The van der Waals surface area contributed by atoms with E-state index in [1.54, 1.807) is 20.8 Å². The second-order valence-electron chi connectivity index (χ2n) is 0. The molecule has 84 valence electrons. The first-order valence-corrected chi connectivity index (χ1v) is 1.73. The van der Waals surface area contributed by atoms with Crippen LogP contribution in [0, 0.1) is 43.0 Å². The van der Waals surface area contributed by atoms with Crippen molar-refractivity contribution in [2.45, 2.75) is 20.8 Å². The number of rotatable bonds is 0. The number of hydrogen-bond acceptors (Lipinski definition) is 0. The monoisotopic (exact) mass is 672 g/mol. The minimum Gasteiger partial charge on any atom is -0.358 e. The van der Waals surface area contributed by atoms with E-state index in [2.05, 4.69) is 0 Å². The Morgan fingerprint density at radius 2 is 0.533 bits per heavy atom. The fraction of sp³-hybridized carbons (Fsp3) is 0.333. The normalized spacial score (nSPS) is 3.80. The van der Waals surface area contributed by atoms with E-state index in [-0.39, 0.29) is 219 Å². The van der Waals surface area contributed by atoms with Gasteiger partial charge in [0.15, 0.2) is 0 Å². The Morgan fingerprint density at radius 1 is 0.533 bits per heavy atom. The van der Waals surface area contributed by atoms with E-state index >= 15 is 0 Å². The fourth-order valence-corrected chi connectivity index (χ4v) is 0. The fourth-order valence-electron chi connectivity index (χ4n) is 0. The van der Waals surface area contributed by atoms with Gasteiger partial charge in [0.1, 0.15) is 0 Å². The summed E-state index contributed by atoms with van der Waals surface area (Å²) in [5, 5.41) is 0. The predicted octanol–water partition coefficient (Wildman–Crippen LogP) is 3.86. The van der Waals surface area contributed by atoms with Crippen LogP contribution in [0.15, 0.2) is 0 Å². The van der Waals surface area contributed by atoms with Crippen molar-refractivity contribution in [3.8, 4) is 0 Å². The molecule has 0 rings (SSSR count). The quantitative estimate of drug-likeness (QED) is 0.344.